The molecule has 0 radical (unpaired) electrons. The molecular weight excluding hydrogens is 202 g/mol. The van der Waals surface area contributed by atoms with E-state index in [1.54, 1.807) is 7.11 Å². The Morgan fingerprint density at radius 1 is 1.44 bits per heavy atom. The van der Waals surface area contributed by atoms with Crippen molar-refractivity contribution in [2.75, 3.05) is 7.11 Å². The van der Waals surface area contributed by atoms with E-state index in [0.717, 1.165) is 17.6 Å². The summed E-state index contributed by atoms with van der Waals surface area (Å²) in [6.07, 6.45) is 1.44. The normalized spacial score (nSPS) is 13.6. The van der Waals surface area contributed by atoms with Gasteiger partial charge in [-0.25, -0.2) is 0 Å². The standard InChI is InChI=1S/C13H15NO2/c1-10(9-15)7-12(8-14)11-3-5-13(16-2)6-4-11/h3-6,9-10,12H,7H2,1-2H3. The lowest BCUT2D eigenvalue weighted by molar-refractivity contribution is -0.110. The average molecular weight is 217 g/mol. The van der Waals surface area contributed by atoms with Gasteiger partial charge in [-0.1, -0.05) is 19.1 Å². The van der Waals surface area contributed by atoms with Gasteiger partial charge in [0.2, 0.25) is 0 Å². The molecule has 3 nitrogen and oxygen atoms in total. The van der Waals surface area contributed by atoms with Gasteiger partial charge in [-0.2, -0.15) is 5.26 Å². The number of methoxy groups -OCH3 is 1. The topological polar surface area (TPSA) is 50.1 Å². The lowest BCUT2D eigenvalue weighted by Crippen LogP contribution is -2.04. The summed E-state index contributed by atoms with van der Waals surface area (Å²) in [6, 6.07) is 9.60. The first kappa shape index (κ1) is 12.3. The van der Waals surface area contributed by atoms with Gasteiger partial charge in [0.25, 0.3) is 0 Å². The average Bonchev–Trinajstić information content (AvgIpc) is 2.35. The van der Waals surface area contributed by atoms with Crippen molar-refractivity contribution in [3.05, 3.63) is 29.8 Å². The monoisotopic (exact) mass is 217 g/mol. The van der Waals surface area contributed by atoms with Gasteiger partial charge >= 0.3 is 0 Å². The first-order chi connectivity index (χ1) is 7.71. The summed E-state index contributed by atoms with van der Waals surface area (Å²) in [5.74, 6) is 0.446. The van der Waals surface area contributed by atoms with Crippen LogP contribution in [0, 0.1) is 17.2 Å². The molecule has 16 heavy (non-hydrogen) atoms. The largest absolute Gasteiger partial charge is 0.497 e. The Morgan fingerprint density at radius 2 is 2.06 bits per heavy atom. The minimum atomic E-state index is -0.230. The third-order valence-corrected chi connectivity index (χ3v) is 2.51. The van der Waals surface area contributed by atoms with E-state index in [9.17, 15) is 4.79 Å². The highest BCUT2D eigenvalue weighted by molar-refractivity contribution is 5.53. The number of nitriles is 1. The SMILES string of the molecule is COc1ccc(C(C#N)CC(C)C=O)cc1. The predicted octanol–water partition coefficient (Wildman–Crippen LogP) is 2.53. The maximum atomic E-state index is 10.6. The molecule has 0 aromatic heterocycles. The van der Waals surface area contributed by atoms with E-state index in [2.05, 4.69) is 6.07 Å². The minimum Gasteiger partial charge on any atom is -0.497 e. The van der Waals surface area contributed by atoms with E-state index in [0.29, 0.717) is 6.42 Å². The van der Waals surface area contributed by atoms with Crippen LogP contribution in [-0.2, 0) is 4.79 Å². The zero-order chi connectivity index (χ0) is 12.0. The Labute approximate surface area is 95.7 Å². The fourth-order valence-electron chi connectivity index (χ4n) is 1.53. The van der Waals surface area contributed by atoms with Crippen LogP contribution >= 0.6 is 0 Å². The van der Waals surface area contributed by atoms with Gasteiger partial charge in [0.15, 0.2) is 0 Å². The van der Waals surface area contributed by atoms with Crippen LogP contribution in [0.1, 0.15) is 24.8 Å². The second kappa shape index (κ2) is 5.92. The molecule has 0 heterocycles. The smallest absolute Gasteiger partial charge is 0.122 e. The Kier molecular flexibility index (Phi) is 4.53. The quantitative estimate of drug-likeness (QED) is 0.712. The van der Waals surface area contributed by atoms with Gasteiger partial charge in [-0.3, -0.25) is 0 Å². The summed E-state index contributed by atoms with van der Waals surface area (Å²) >= 11 is 0. The predicted molar refractivity (Wildman–Crippen MR) is 61.2 cm³/mol. The molecule has 0 bridgehead atoms. The van der Waals surface area contributed by atoms with Gasteiger partial charge in [-0.05, 0) is 24.1 Å². The van der Waals surface area contributed by atoms with Crippen LogP contribution in [0.2, 0.25) is 0 Å². The second-order valence-electron chi connectivity index (χ2n) is 3.80. The molecule has 0 amide bonds. The number of rotatable bonds is 5. The molecule has 0 spiro atoms. The van der Waals surface area contributed by atoms with Crippen LogP contribution in [0.5, 0.6) is 5.75 Å². The van der Waals surface area contributed by atoms with Gasteiger partial charge in [0, 0.05) is 5.92 Å². The number of nitrogens with zero attached hydrogens (tertiary/aromatic N) is 1. The number of carbonyl (C=O) groups excluding carboxylic acids is 1. The number of ether oxygens (including phenoxy) is 1. The van der Waals surface area contributed by atoms with Crippen molar-refractivity contribution in [2.45, 2.75) is 19.3 Å². The molecule has 2 atom stereocenters. The van der Waals surface area contributed by atoms with Crippen molar-refractivity contribution in [1.82, 2.24) is 0 Å². The van der Waals surface area contributed by atoms with Gasteiger partial charge in [0.1, 0.15) is 12.0 Å². The highest BCUT2D eigenvalue weighted by atomic mass is 16.5. The van der Waals surface area contributed by atoms with Crippen molar-refractivity contribution in [2.24, 2.45) is 5.92 Å². The summed E-state index contributed by atoms with van der Waals surface area (Å²) in [6.45, 7) is 1.82. The molecule has 1 aromatic carbocycles. The summed E-state index contributed by atoms with van der Waals surface area (Å²) in [5, 5.41) is 9.05. The third-order valence-electron chi connectivity index (χ3n) is 2.51. The number of carbonyl (C=O) groups is 1. The maximum absolute atomic E-state index is 10.6. The van der Waals surface area contributed by atoms with Gasteiger partial charge < -0.3 is 9.53 Å². The summed E-state index contributed by atoms with van der Waals surface area (Å²) in [7, 11) is 1.60. The number of aldehydes is 1. The first-order valence-electron chi connectivity index (χ1n) is 5.20. The van der Waals surface area contributed by atoms with E-state index in [4.69, 9.17) is 10.00 Å². The van der Waals surface area contributed by atoms with Crippen LogP contribution in [0.4, 0.5) is 0 Å². The molecule has 2 unspecified atom stereocenters. The number of hydrogen-bond donors (Lipinski definition) is 0. The highest BCUT2D eigenvalue weighted by Crippen LogP contribution is 2.24. The molecule has 0 saturated heterocycles. The molecule has 0 aliphatic carbocycles. The molecule has 84 valence electrons. The van der Waals surface area contributed by atoms with Crippen LogP contribution in [0.25, 0.3) is 0 Å². The lowest BCUT2D eigenvalue weighted by atomic mass is 9.91. The van der Waals surface area contributed by atoms with Crippen molar-refractivity contribution in [1.29, 1.82) is 5.26 Å². The molecule has 3 heteroatoms. The Hall–Kier alpha value is -1.82. The van der Waals surface area contributed by atoms with E-state index >= 15 is 0 Å². The van der Waals surface area contributed by atoms with Crippen molar-refractivity contribution in [3.63, 3.8) is 0 Å². The van der Waals surface area contributed by atoms with Crippen LogP contribution in [0.3, 0.4) is 0 Å². The zero-order valence-corrected chi connectivity index (χ0v) is 9.51. The van der Waals surface area contributed by atoms with Crippen LogP contribution in [0.15, 0.2) is 24.3 Å². The summed E-state index contributed by atoms with van der Waals surface area (Å²) in [5.41, 5.74) is 0.928. The molecule has 1 rings (SSSR count). The molecule has 0 N–H and O–H groups in total. The third kappa shape index (κ3) is 3.09. The Balaban J connectivity index is 2.79. The molecule has 1 aromatic rings. The molecule has 0 saturated carbocycles. The summed E-state index contributed by atoms with van der Waals surface area (Å²) < 4.78 is 5.05. The Bertz CT molecular complexity index is 378. The summed E-state index contributed by atoms with van der Waals surface area (Å²) in [4.78, 5) is 10.6. The molecular formula is C13H15NO2. The van der Waals surface area contributed by atoms with E-state index in [1.165, 1.54) is 0 Å². The van der Waals surface area contributed by atoms with Crippen LogP contribution < -0.4 is 4.74 Å². The number of benzene rings is 1. The number of hydrogen-bond acceptors (Lipinski definition) is 3. The highest BCUT2D eigenvalue weighted by Gasteiger charge is 2.14. The Morgan fingerprint density at radius 3 is 2.50 bits per heavy atom. The van der Waals surface area contributed by atoms with Crippen LogP contribution in [-0.4, -0.2) is 13.4 Å². The van der Waals surface area contributed by atoms with Gasteiger partial charge in [-0.15, -0.1) is 0 Å². The molecule has 0 aliphatic heterocycles. The van der Waals surface area contributed by atoms with E-state index in [-0.39, 0.29) is 11.8 Å². The fraction of sp³-hybridized carbons (Fsp3) is 0.385. The molecule has 0 aliphatic rings. The van der Waals surface area contributed by atoms with Gasteiger partial charge in [0.05, 0.1) is 19.1 Å². The van der Waals surface area contributed by atoms with Crippen molar-refractivity contribution in [3.8, 4) is 11.8 Å². The fourth-order valence-corrected chi connectivity index (χ4v) is 1.53. The maximum Gasteiger partial charge on any atom is 0.122 e. The molecule has 0 fully saturated rings. The lowest BCUT2D eigenvalue weighted by Gasteiger charge is -2.11. The van der Waals surface area contributed by atoms with Crippen molar-refractivity contribution < 1.29 is 9.53 Å². The van der Waals surface area contributed by atoms with E-state index < -0.39 is 0 Å². The van der Waals surface area contributed by atoms with Crippen molar-refractivity contribution >= 4 is 6.29 Å². The minimum absolute atomic E-state index is 0.0910. The van der Waals surface area contributed by atoms with E-state index in [1.807, 2.05) is 31.2 Å². The first-order valence-corrected chi connectivity index (χ1v) is 5.20. The zero-order valence-electron chi connectivity index (χ0n) is 9.51. The second-order valence-corrected chi connectivity index (χ2v) is 3.80.